The van der Waals surface area contributed by atoms with Crippen LogP contribution in [0.25, 0.3) is 11.0 Å². The first-order valence-electron chi connectivity index (χ1n) is 10.3. The van der Waals surface area contributed by atoms with Gasteiger partial charge in [-0.05, 0) is 57.0 Å². The molecule has 1 N–H and O–H groups in total. The Balaban J connectivity index is 1.58. The number of benzene rings is 2. The first-order valence-corrected chi connectivity index (χ1v) is 10.3. The molecule has 8 heteroatoms. The zero-order valence-corrected chi connectivity index (χ0v) is 17.8. The summed E-state index contributed by atoms with van der Waals surface area (Å²) in [6.45, 7) is 5.34. The van der Waals surface area contributed by atoms with Crippen molar-refractivity contribution in [2.45, 2.75) is 32.7 Å². The quantitative estimate of drug-likeness (QED) is 0.454. The minimum absolute atomic E-state index is 0.0470. The van der Waals surface area contributed by atoms with E-state index < -0.39 is 11.0 Å². The lowest BCUT2D eigenvalue weighted by molar-refractivity contribution is -0.384. The minimum atomic E-state index is -0.426. The van der Waals surface area contributed by atoms with E-state index in [1.807, 2.05) is 36.9 Å². The molecule has 1 aliphatic heterocycles. The summed E-state index contributed by atoms with van der Waals surface area (Å²) in [6.07, 6.45) is 2.03. The van der Waals surface area contributed by atoms with Gasteiger partial charge in [-0.3, -0.25) is 14.9 Å². The summed E-state index contributed by atoms with van der Waals surface area (Å²) in [5, 5.41) is 15.4. The van der Waals surface area contributed by atoms with Crippen LogP contribution in [0.5, 0.6) is 5.75 Å². The predicted octanol–water partition coefficient (Wildman–Crippen LogP) is 4.75. The average molecular weight is 423 g/mol. The molecule has 8 nitrogen and oxygen atoms in total. The second kappa shape index (κ2) is 8.29. The molecular weight excluding hydrogens is 398 g/mol. The van der Waals surface area contributed by atoms with Crippen molar-refractivity contribution in [3.05, 3.63) is 63.4 Å². The summed E-state index contributed by atoms with van der Waals surface area (Å²) < 4.78 is 11.2. The lowest BCUT2D eigenvalue weighted by Gasteiger charge is -2.18. The predicted molar refractivity (Wildman–Crippen MR) is 118 cm³/mol. The lowest BCUT2D eigenvalue weighted by atomic mass is 10.1. The third kappa shape index (κ3) is 3.93. The van der Waals surface area contributed by atoms with Gasteiger partial charge in [0.25, 0.3) is 11.6 Å². The summed E-state index contributed by atoms with van der Waals surface area (Å²) >= 11 is 0. The Morgan fingerprint density at radius 3 is 2.65 bits per heavy atom. The number of anilines is 1. The van der Waals surface area contributed by atoms with Gasteiger partial charge in [0.2, 0.25) is 0 Å². The van der Waals surface area contributed by atoms with Crippen molar-refractivity contribution in [3.63, 3.8) is 0 Å². The molecular formula is C23H25N3O5. The van der Waals surface area contributed by atoms with Gasteiger partial charge in [-0.1, -0.05) is 0 Å². The van der Waals surface area contributed by atoms with Crippen LogP contribution in [0.4, 0.5) is 11.4 Å². The van der Waals surface area contributed by atoms with E-state index in [1.165, 1.54) is 6.07 Å². The van der Waals surface area contributed by atoms with E-state index in [2.05, 4.69) is 5.32 Å². The molecule has 1 saturated heterocycles. The number of carbonyl (C=O) groups is 1. The van der Waals surface area contributed by atoms with Crippen LogP contribution < -0.4 is 15.0 Å². The maximum atomic E-state index is 12.9. The smallest absolute Gasteiger partial charge is 0.293 e. The van der Waals surface area contributed by atoms with Crippen molar-refractivity contribution >= 4 is 28.3 Å². The summed E-state index contributed by atoms with van der Waals surface area (Å²) in [4.78, 5) is 26.0. The van der Waals surface area contributed by atoms with Crippen LogP contribution >= 0.6 is 0 Å². The molecule has 3 aromatic rings. The van der Waals surface area contributed by atoms with Gasteiger partial charge in [0, 0.05) is 35.7 Å². The number of methoxy groups -OCH3 is 1. The normalized spacial score (nSPS) is 14.6. The molecule has 162 valence electrons. The number of hydrogen-bond donors (Lipinski definition) is 1. The zero-order chi connectivity index (χ0) is 22.1. The van der Waals surface area contributed by atoms with Crippen LogP contribution in [0.15, 0.2) is 40.8 Å². The Labute approximate surface area is 179 Å². The highest BCUT2D eigenvalue weighted by atomic mass is 16.6. The molecule has 1 aliphatic rings. The SMILES string of the molecule is COc1ccc2oc(C(C)NC(=O)c3ccc(N4CCCC4)c([N+](=O)[O-])c3)c(C)c2c1. The molecule has 31 heavy (non-hydrogen) atoms. The van der Waals surface area contributed by atoms with Gasteiger partial charge in [0.05, 0.1) is 18.1 Å². The molecule has 1 amide bonds. The number of furan rings is 1. The van der Waals surface area contributed by atoms with Gasteiger partial charge >= 0.3 is 0 Å². The fourth-order valence-corrected chi connectivity index (χ4v) is 4.14. The molecule has 1 fully saturated rings. The highest BCUT2D eigenvalue weighted by Gasteiger charge is 2.25. The molecule has 0 spiro atoms. The monoisotopic (exact) mass is 423 g/mol. The summed E-state index contributed by atoms with van der Waals surface area (Å²) in [7, 11) is 1.61. The Kier molecular flexibility index (Phi) is 5.54. The van der Waals surface area contributed by atoms with Crippen LogP contribution in [0, 0.1) is 17.0 Å². The number of nitrogens with one attached hydrogen (secondary N) is 1. The molecule has 2 aromatic carbocycles. The van der Waals surface area contributed by atoms with Crippen molar-refractivity contribution in [2.75, 3.05) is 25.1 Å². The number of carbonyl (C=O) groups excluding carboxylic acids is 1. The van der Waals surface area contributed by atoms with Crippen LogP contribution in [-0.4, -0.2) is 31.0 Å². The highest BCUT2D eigenvalue weighted by molar-refractivity contribution is 5.96. The fraction of sp³-hybridized carbons (Fsp3) is 0.348. The van der Waals surface area contributed by atoms with Crippen LogP contribution in [0.1, 0.15) is 47.5 Å². The van der Waals surface area contributed by atoms with Gasteiger partial charge in [-0.25, -0.2) is 0 Å². The zero-order valence-electron chi connectivity index (χ0n) is 17.8. The van der Waals surface area contributed by atoms with E-state index in [0.717, 1.165) is 42.6 Å². The van der Waals surface area contributed by atoms with Gasteiger partial charge in [0.1, 0.15) is 22.8 Å². The Bertz CT molecular complexity index is 1150. The highest BCUT2D eigenvalue weighted by Crippen LogP contribution is 2.33. The third-order valence-electron chi connectivity index (χ3n) is 5.80. The number of rotatable bonds is 6. The molecule has 1 atom stereocenters. The molecule has 0 radical (unpaired) electrons. The molecule has 1 unspecified atom stereocenters. The van der Waals surface area contributed by atoms with E-state index >= 15 is 0 Å². The fourth-order valence-electron chi connectivity index (χ4n) is 4.14. The Morgan fingerprint density at radius 1 is 1.23 bits per heavy atom. The van der Waals surface area contributed by atoms with E-state index in [-0.39, 0.29) is 17.2 Å². The molecule has 0 bridgehead atoms. The van der Waals surface area contributed by atoms with Crippen molar-refractivity contribution < 1.29 is 18.9 Å². The van der Waals surface area contributed by atoms with Crippen LogP contribution in [0.2, 0.25) is 0 Å². The number of hydrogen-bond acceptors (Lipinski definition) is 6. The summed E-state index contributed by atoms with van der Waals surface area (Å²) in [5.41, 5.74) is 2.39. The van der Waals surface area contributed by atoms with Crippen molar-refractivity contribution in [2.24, 2.45) is 0 Å². The van der Waals surface area contributed by atoms with Crippen LogP contribution in [-0.2, 0) is 0 Å². The maximum Gasteiger partial charge on any atom is 0.293 e. The van der Waals surface area contributed by atoms with Crippen molar-refractivity contribution in [1.29, 1.82) is 0 Å². The molecule has 4 rings (SSSR count). The van der Waals surface area contributed by atoms with Crippen molar-refractivity contribution in [1.82, 2.24) is 5.32 Å². The van der Waals surface area contributed by atoms with Crippen molar-refractivity contribution in [3.8, 4) is 5.75 Å². The van der Waals surface area contributed by atoms with Crippen LogP contribution in [0.3, 0.4) is 0 Å². The lowest BCUT2D eigenvalue weighted by Crippen LogP contribution is -2.27. The van der Waals surface area contributed by atoms with Gasteiger partial charge in [0.15, 0.2) is 0 Å². The van der Waals surface area contributed by atoms with E-state index in [1.54, 1.807) is 19.2 Å². The molecule has 0 saturated carbocycles. The molecule has 1 aromatic heterocycles. The second-order valence-corrected chi connectivity index (χ2v) is 7.80. The minimum Gasteiger partial charge on any atom is -0.497 e. The number of fused-ring (bicyclic) bond motifs is 1. The summed E-state index contributed by atoms with van der Waals surface area (Å²) in [6, 6.07) is 9.79. The summed E-state index contributed by atoms with van der Waals surface area (Å²) in [5.74, 6) is 0.978. The van der Waals surface area contributed by atoms with Gasteiger partial charge in [-0.2, -0.15) is 0 Å². The number of nitro benzene ring substituents is 1. The number of nitro groups is 1. The average Bonchev–Trinajstić information content (AvgIpc) is 3.41. The largest absolute Gasteiger partial charge is 0.497 e. The van der Waals surface area contributed by atoms with Gasteiger partial charge in [-0.15, -0.1) is 0 Å². The van der Waals surface area contributed by atoms with Gasteiger partial charge < -0.3 is 19.4 Å². The number of aryl methyl sites for hydroxylation is 1. The standard InChI is InChI=1S/C23H25N3O5/c1-14-18-13-17(30-3)7-9-21(18)31-22(14)15(2)24-23(27)16-6-8-19(20(12-16)26(28)29)25-10-4-5-11-25/h6-9,12-13,15H,4-5,10-11H2,1-3H3,(H,24,27). The third-order valence-corrected chi connectivity index (χ3v) is 5.80. The van der Waals surface area contributed by atoms with E-state index in [4.69, 9.17) is 9.15 Å². The van der Waals surface area contributed by atoms with E-state index in [0.29, 0.717) is 17.0 Å². The number of ether oxygens (including phenoxy) is 1. The Hall–Kier alpha value is -3.55. The van der Waals surface area contributed by atoms with E-state index in [9.17, 15) is 14.9 Å². The molecule has 2 heterocycles. The topological polar surface area (TPSA) is 97.8 Å². The maximum absolute atomic E-state index is 12.9. The molecule has 0 aliphatic carbocycles. The first-order chi connectivity index (χ1) is 14.9. The number of amides is 1. The first kappa shape index (κ1) is 20.7. The Morgan fingerprint density at radius 2 is 1.97 bits per heavy atom. The number of nitrogens with zero attached hydrogens (tertiary/aromatic N) is 2. The second-order valence-electron chi connectivity index (χ2n) is 7.80.